The summed E-state index contributed by atoms with van der Waals surface area (Å²) >= 11 is 0. The highest BCUT2D eigenvalue weighted by atomic mass is 16.6. The predicted octanol–water partition coefficient (Wildman–Crippen LogP) is 4.48. The van der Waals surface area contributed by atoms with Crippen molar-refractivity contribution < 1.29 is 19.1 Å². The van der Waals surface area contributed by atoms with Gasteiger partial charge in [0.2, 0.25) is 0 Å². The molecule has 0 saturated carbocycles. The Morgan fingerprint density at radius 2 is 1.77 bits per heavy atom. The fourth-order valence-corrected chi connectivity index (χ4v) is 6.76. The van der Waals surface area contributed by atoms with Crippen molar-refractivity contribution >= 4 is 11.9 Å². The topological polar surface area (TPSA) is 76.9 Å². The van der Waals surface area contributed by atoms with E-state index < -0.39 is 11.6 Å². The number of hydrogen-bond donors (Lipinski definition) is 0. The number of hydrazine groups is 1. The number of ether oxygens (including phenoxy) is 2. The van der Waals surface area contributed by atoms with Crippen molar-refractivity contribution in [3.05, 3.63) is 51.3 Å². The lowest BCUT2D eigenvalue weighted by molar-refractivity contribution is -0.142. The minimum atomic E-state index is -1.05. The number of carbonyl (C=O) groups excluding carboxylic acids is 2. The van der Waals surface area contributed by atoms with Crippen molar-refractivity contribution in [1.29, 1.82) is 0 Å². The molecule has 3 aliphatic heterocycles. The smallest absolute Gasteiger partial charge is 0.343 e. The SMILES string of the molecule is CCc1cc(C)cc(CC)c1C1(C)C(=O)N2CCOCCN2C1OC(=O)c1c(C(C)(C)C)nn2c1CCCC2. The molecule has 3 aliphatic rings. The molecule has 0 N–H and O–H groups in total. The Bertz CT molecular complexity index is 1250. The van der Waals surface area contributed by atoms with Gasteiger partial charge in [-0.05, 0) is 62.6 Å². The molecule has 0 aliphatic carbocycles. The first kappa shape index (κ1) is 27.8. The van der Waals surface area contributed by atoms with Gasteiger partial charge in [-0.15, -0.1) is 0 Å². The third-order valence-electron chi connectivity index (χ3n) is 8.62. The van der Waals surface area contributed by atoms with Gasteiger partial charge in [0.15, 0.2) is 6.23 Å². The molecule has 2 unspecified atom stereocenters. The maximum atomic E-state index is 14.4. The van der Waals surface area contributed by atoms with Crippen LogP contribution in [0.4, 0.5) is 0 Å². The predicted molar refractivity (Wildman–Crippen MR) is 150 cm³/mol. The number of amides is 1. The van der Waals surface area contributed by atoms with Crippen molar-refractivity contribution in [2.24, 2.45) is 0 Å². The van der Waals surface area contributed by atoms with Gasteiger partial charge < -0.3 is 9.47 Å². The molecule has 2 fully saturated rings. The average molecular weight is 537 g/mol. The van der Waals surface area contributed by atoms with Gasteiger partial charge in [-0.2, -0.15) is 10.1 Å². The van der Waals surface area contributed by atoms with Gasteiger partial charge in [0.1, 0.15) is 11.0 Å². The molecular formula is C31H44N4O4. The van der Waals surface area contributed by atoms with Gasteiger partial charge in [-0.1, -0.05) is 52.3 Å². The van der Waals surface area contributed by atoms with Crippen LogP contribution in [-0.2, 0) is 50.9 Å². The summed E-state index contributed by atoms with van der Waals surface area (Å²) in [4.78, 5) is 28.7. The molecule has 2 saturated heterocycles. The van der Waals surface area contributed by atoms with Crippen molar-refractivity contribution in [3.8, 4) is 0 Å². The summed E-state index contributed by atoms with van der Waals surface area (Å²) in [6.07, 6.45) is 3.68. The molecule has 8 heteroatoms. The quantitative estimate of drug-likeness (QED) is 0.525. The molecule has 5 rings (SSSR count). The van der Waals surface area contributed by atoms with Crippen LogP contribution >= 0.6 is 0 Å². The lowest BCUT2D eigenvalue weighted by atomic mass is 9.74. The number of hydrogen-bond acceptors (Lipinski definition) is 6. The monoisotopic (exact) mass is 536 g/mol. The average Bonchev–Trinajstić information content (AvgIpc) is 3.26. The summed E-state index contributed by atoms with van der Waals surface area (Å²) in [6, 6.07) is 4.36. The first-order chi connectivity index (χ1) is 18.5. The van der Waals surface area contributed by atoms with E-state index in [1.807, 2.05) is 16.6 Å². The molecule has 1 amide bonds. The lowest BCUT2D eigenvalue weighted by Gasteiger charge is -2.35. The van der Waals surface area contributed by atoms with Gasteiger partial charge in [-0.25, -0.2) is 4.79 Å². The number of carbonyl (C=O) groups is 2. The number of aromatic nitrogens is 2. The molecule has 39 heavy (non-hydrogen) atoms. The summed E-state index contributed by atoms with van der Waals surface area (Å²) in [5, 5.41) is 8.60. The molecule has 212 valence electrons. The highest BCUT2D eigenvalue weighted by molar-refractivity contribution is 5.95. The Hall–Kier alpha value is -2.71. The molecular weight excluding hydrogens is 492 g/mol. The van der Waals surface area contributed by atoms with Crippen molar-refractivity contribution in [3.63, 3.8) is 0 Å². The van der Waals surface area contributed by atoms with Crippen LogP contribution in [0.2, 0.25) is 0 Å². The first-order valence-corrected chi connectivity index (χ1v) is 14.6. The van der Waals surface area contributed by atoms with Crippen molar-refractivity contribution in [1.82, 2.24) is 19.8 Å². The van der Waals surface area contributed by atoms with Crippen molar-refractivity contribution in [2.75, 3.05) is 26.3 Å². The number of nitrogens with zero attached hydrogens (tertiary/aromatic N) is 4. The van der Waals surface area contributed by atoms with Gasteiger partial charge >= 0.3 is 5.97 Å². The van der Waals surface area contributed by atoms with Crippen LogP contribution in [0.1, 0.15) is 98.4 Å². The Morgan fingerprint density at radius 1 is 1.10 bits per heavy atom. The molecule has 8 nitrogen and oxygen atoms in total. The van der Waals surface area contributed by atoms with E-state index in [0.29, 0.717) is 31.9 Å². The van der Waals surface area contributed by atoms with E-state index in [0.717, 1.165) is 66.7 Å². The van der Waals surface area contributed by atoms with Crippen LogP contribution in [0, 0.1) is 6.92 Å². The highest BCUT2D eigenvalue weighted by Crippen LogP contribution is 2.45. The number of rotatable bonds is 5. The van der Waals surface area contributed by atoms with Gasteiger partial charge in [0.25, 0.3) is 5.91 Å². The number of fused-ring (bicyclic) bond motifs is 2. The zero-order chi connectivity index (χ0) is 28.1. The third-order valence-corrected chi connectivity index (χ3v) is 8.62. The fraction of sp³-hybridized carbons (Fsp3) is 0.645. The summed E-state index contributed by atoms with van der Waals surface area (Å²) in [7, 11) is 0. The second-order valence-electron chi connectivity index (χ2n) is 12.4. The molecule has 4 heterocycles. The van der Waals surface area contributed by atoms with Gasteiger partial charge in [0.05, 0.1) is 31.1 Å². The first-order valence-electron chi connectivity index (χ1n) is 14.6. The molecule has 1 aromatic carbocycles. The maximum Gasteiger partial charge on any atom is 0.343 e. The fourth-order valence-electron chi connectivity index (χ4n) is 6.76. The van der Waals surface area contributed by atoms with Crippen LogP contribution in [0.3, 0.4) is 0 Å². The minimum absolute atomic E-state index is 0.0351. The van der Waals surface area contributed by atoms with Crippen molar-refractivity contribution in [2.45, 2.75) is 104 Å². The van der Waals surface area contributed by atoms with Crippen LogP contribution in [0.5, 0.6) is 0 Å². The molecule has 2 aromatic rings. The van der Waals surface area contributed by atoms with Crippen LogP contribution in [-0.4, -0.2) is 64.2 Å². The minimum Gasteiger partial charge on any atom is -0.439 e. The molecule has 2 atom stereocenters. The maximum absolute atomic E-state index is 14.4. The zero-order valence-electron chi connectivity index (χ0n) is 24.7. The van der Waals surface area contributed by atoms with E-state index in [1.54, 1.807) is 5.01 Å². The van der Waals surface area contributed by atoms with E-state index in [1.165, 1.54) is 5.56 Å². The summed E-state index contributed by atoms with van der Waals surface area (Å²) in [5.74, 6) is -0.422. The van der Waals surface area contributed by atoms with E-state index in [2.05, 4.69) is 53.7 Å². The number of esters is 1. The Kier molecular flexibility index (Phi) is 7.40. The zero-order valence-corrected chi connectivity index (χ0v) is 24.7. The number of benzene rings is 1. The largest absolute Gasteiger partial charge is 0.439 e. The molecule has 0 radical (unpaired) electrons. The number of aryl methyl sites for hydroxylation is 4. The van der Waals surface area contributed by atoms with Crippen LogP contribution in [0.25, 0.3) is 0 Å². The van der Waals surface area contributed by atoms with E-state index in [9.17, 15) is 9.59 Å². The summed E-state index contributed by atoms with van der Waals surface area (Å²) in [5.41, 5.74) is 5.39. The Labute approximate surface area is 232 Å². The standard InChI is InChI=1S/C31H44N4O4/c1-8-21-18-20(3)19-22(9-2)25(21)31(7)28(37)34-14-16-38-17-15-35(34)29(31)39-27(36)24-23-12-10-11-13-33(23)32-26(24)30(4,5)6/h18-19,29H,8-17H2,1-7H3. The Balaban J connectivity index is 1.66. The van der Waals surface area contributed by atoms with Crippen LogP contribution < -0.4 is 0 Å². The molecule has 0 bridgehead atoms. The molecule has 1 aromatic heterocycles. The lowest BCUT2D eigenvalue weighted by Crippen LogP contribution is -2.48. The van der Waals surface area contributed by atoms with Gasteiger partial charge in [-0.3, -0.25) is 14.5 Å². The second kappa shape index (κ2) is 10.4. The van der Waals surface area contributed by atoms with Crippen LogP contribution in [0.15, 0.2) is 12.1 Å². The summed E-state index contributed by atoms with van der Waals surface area (Å²) < 4.78 is 14.3. The Morgan fingerprint density at radius 3 is 2.41 bits per heavy atom. The van der Waals surface area contributed by atoms with E-state index in [4.69, 9.17) is 14.6 Å². The second-order valence-corrected chi connectivity index (χ2v) is 12.4. The normalized spacial score (nSPS) is 23.9. The summed E-state index contributed by atoms with van der Waals surface area (Å²) in [6.45, 7) is 17.2. The van der Waals surface area contributed by atoms with E-state index in [-0.39, 0.29) is 17.3 Å². The van der Waals surface area contributed by atoms with E-state index >= 15 is 0 Å². The third kappa shape index (κ3) is 4.59. The molecule has 0 spiro atoms. The van der Waals surface area contributed by atoms with Gasteiger partial charge in [0, 0.05) is 18.5 Å². The highest BCUT2D eigenvalue weighted by Gasteiger charge is 2.60.